The average molecular weight is 270 g/mol. The molecule has 1 saturated heterocycles. The van der Waals surface area contributed by atoms with Crippen molar-refractivity contribution in [2.75, 3.05) is 13.2 Å². The Hall–Kier alpha value is -1.10. The lowest BCUT2D eigenvalue weighted by atomic mass is 9.86. The van der Waals surface area contributed by atoms with Gasteiger partial charge in [0.2, 0.25) is 11.8 Å². The van der Waals surface area contributed by atoms with Crippen LogP contribution >= 0.6 is 0 Å². The summed E-state index contributed by atoms with van der Waals surface area (Å²) < 4.78 is 5.51. The molecule has 19 heavy (non-hydrogen) atoms. The lowest BCUT2D eigenvalue weighted by molar-refractivity contribution is -0.162. The van der Waals surface area contributed by atoms with Crippen molar-refractivity contribution in [3.05, 3.63) is 0 Å². The van der Waals surface area contributed by atoms with Gasteiger partial charge in [0.15, 0.2) is 0 Å². The van der Waals surface area contributed by atoms with Crippen LogP contribution in [-0.2, 0) is 14.3 Å². The van der Waals surface area contributed by atoms with Crippen LogP contribution in [0.25, 0.3) is 0 Å². The number of carbonyl (C=O) groups excluding carboxylic acids is 2. The summed E-state index contributed by atoms with van der Waals surface area (Å²) in [7, 11) is 0. The van der Waals surface area contributed by atoms with Gasteiger partial charge < -0.3 is 15.0 Å². The molecule has 1 rings (SSSR count). The topological polar surface area (TPSA) is 58.6 Å². The fourth-order valence-electron chi connectivity index (χ4n) is 2.24. The SMILES string of the molecule is CCC1(C)C(=O)NC(C)(C)C(=O)N1CCOC(C)C. The van der Waals surface area contributed by atoms with Gasteiger partial charge in [-0.3, -0.25) is 9.59 Å². The second-order valence-electron chi connectivity index (χ2n) is 6.08. The molecule has 0 radical (unpaired) electrons. The molecule has 5 heteroatoms. The normalized spacial score (nSPS) is 26.8. The summed E-state index contributed by atoms with van der Waals surface area (Å²) in [5, 5.41) is 2.81. The molecule has 1 unspecified atom stereocenters. The van der Waals surface area contributed by atoms with E-state index in [0.29, 0.717) is 19.6 Å². The largest absolute Gasteiger partial charge is 0.377 e. The fourth-order valence-corrected chi connectivity index (χ4v) is 2.24. The van der Waals surface area contributed by atoms with Crippen molar-refractivity contribution >= 4 is 11.8 Å². The monoisotopic (exact) mass is 270 g/mol. The molecule has 0 bridgehead atoms. The molecule has 1 aliphatic rings. The molecule has 110 valence electrons. The van der Waals surface area contributed by atoms with Gasteiger partial charge in [-0.25, -0.2) is 0 Å². The zero-order valence-corrected chi connectivity index (χ0v) is 12.9. The summed E-state index contributed by atoms with van der Waals surface area (Å²) in [5.74, 6) is -0.145. The van der Waals surface area contributed by atoms with E-state index in [0.717, 1.165) is 0 Å². The molecule has 0 aliphatic carbocycles. The van der Waals surface area contributed by atoms with Crippen molar-refractivity contribution in [2.45, 2.75) is 65.1 Å². The highest BCUT2D eigenvalue weighted by Gasteiger charge is 2.51. The highest BCUT2D eigenvalue weighted by molar-refractivity contribution is 6.01. The zero-order chi connectivity index (χ0) is 14.8. The predicted molar refractivity (Wildman–Crippen MR) is 73.7 cm³/mol. The van der Waals surface area contributed by atoms with Crippen LogP contribution in [0, 0.1) is 0 Å². The summed E-state index contributed by atoms with van der Waals surface area (Å²) in [4.78, 5) is 26.4. The Morgan fingerprint density at radius 1 is 1.26 bits per heavy atom. The molecule has 1 heterocycles. The van der Waals surface area contributed by atoms with E-state index in [1.165, 1.54) is 0 Å². The van der Waals surface area contributed by atoms with E-state index in [2.05, 4.69) is 5.32 Å². The maximum absolute atomic E-state index is 12.5. The molecule has 1 fully saturated rings. The Bertz CT molecular complexity index is 366. The third-order valence-corrected chi connectivity index (χ3v) is 3.75. The Kier molecular flexibility index (Phi) is 4.61. The maximum Gasteiger partial charge on any atom is 0.248 e. The first-order valence-electron chi connectivity index (χ1n) is 6.91. The average Bonchev–Trinajstić information content (AvgIpc) is 2.30. The van der Waals surface area contributed by atoms with Crippen molar-refractivity contribution in [2.24, 2.45) is 0 Å². The molecule has 0 aromatic rings. The first-order chi connectivity index (χ1) is 8.65. The lowest BCUT2D eigenvalue weighted by Gasteiger charge is -2.48. The lowest BCUT2D eigenvalue weighted by Crippen LogP contribution is -2.73. The third kappa shape index (κ3) is 3.08. The van der Waals surface area contributed by atoms with Crippen LogP contribution in [0.3, 0.4) is 0 Å². The molecular formula is C14H26N2O3. The van der Waals surface area contributed by atoms with Gasteiger partial charge in [0.1, 0.15) is 11.1 Å². The first-order valence-corrected chi connectivity index (χ1v) is 6.91. The smallest absolute Gasteiger partial charge is 0.248 e. The van der Waals surface area contributed by atoms with Crippen LogP contribution in [0.2, 0.25) is 0 Å². The van der Waals surface area contributed by atoms with Crippen molar-refractivity contribution in [1.29, 1.82) is 0 Å². The highest BCUT2D eigenvalue weighted by Crippen LogP contribution is 2.28. The summed E-state index contributed by atoms with van der Waals surface area (Å²) >= 11 is 0. The Morgan fingerprint density at radius 3 is 2.32 bits per heavy atom. The Balaban J connectivity index is 2.91. The van der Waals surface area contributed by atoms with E-state index in [1.54, 1.807) is 18.7 Å². The van der Waals surface area contributed by atoms with Crippen LogP contribution in [0.4, 0.5) is 0 Å². The van der Waals surface area contributed by atoms with Gasteiger partial charge in [0.25, 0.3) is 0 Å². The Labute approximate surface area is 115 Å². The third-order valence-electron chi connectivity index (χ3n) is 3.75. The summed E-state index contributed by atoms with van der Waals surface area (Å²) in [6.07, 6.45) is 0.706. The molecule has 0 aromatic carbocycles. The van der Waals surface area contributed by atoms with E-state index in [1.807, 2.05) is 27.7 Å². The van der Waals surface area contributed by atoms with Gasteiger partial charge in [-0.05, 0) is 41.0 Å². The number of carbonyl (C=O) groups is 2. The molecule has 1 N–H and O–H groups in total. The van der Waals surface area contributed by atoms with Gasteiger partial charge in [0, 0.05) is 6.54 Å². The fraction of sp³-hybridized carbons (Fsp3) is 0.857. The number of amides is 2. The second-order valence-corrected chi connectivity index (χ2v) is 6.08. The summed E-state index contributed by atoms with van der Waals surface area (Å²) in [6, 6.07) is 0. The van der Waals surface area contributed by atoms with Crippen molar-refractivity contribution in [3.8, 4) is 0 Å². The van der Waals surface area contributed by atoms with Gasteiger partial charge in [-0.1, -0.05) is 6.92 Å². The van der Waals surface area contributed by atoms with Gasteiger partial charge in [-0.2, -0.15) is 0 Å². The van der Waals surface area contributed by atoms with Crippen molar-refractivity contribution in [1.82, 2.24) is 10.2 Å². The van der Waals surface area contributed by atoms with Crippen molar-refractivity contribution < 1.29 is 14.3 Å². The first kappa shape index (κ1) is 16.0. The summed E-state index contributed by atoms with van der Waals surface area (Å²) in [5.41, 5.74) is -1.63. The quantitative estimate of drug-likeness (QED) is 0.819. The van der Waals surface area contributed by atoms with Crippen LogP contribution in [0.1, 0.15) is 48.0 Å². The number of nitrogens with zero attached hydrogens (tertiary/aromatic N) is 1. The van der Waals surface area contributed by atoms with E-state index in [4.69, 9.17) is 4.74 Å². The van der Waals surface area contributed by atoms with E-state index < -0.39 is 11.1 Å². The number of piperazine rings is 1. The molecule has 1 atom stereocenters. The summed E-state index contributed by atoms with van der Waals surface area (Å²) in [6.45, 7) is 12.0. The van der Waals surface area contributed by atoms with Crippen LogP contribution in [-0.4, -0.2) is 47.0 Å². The molecule has 5 nitrogen and oxygen atoms in total. The number of ether oxygens (including phenoxy) is 1. The van der Waals surface area contributed by atoms with E-state index in [-0.39, 0.29) is 17.9 Å². The maximum atomic E-state index is 12.5. The molecule has 0 spiro atoms. The number of nitrogens with one attached hydrogen (secondary N) is 1. The minimum Gasteiger partial charge on any atom is -0.377 e. The van der Waals surface area contributed by atoms with Gasteiger partial charge >= 0.3 is 0 Å². The number of hydrogen-bond acceptors (Lipinski definition) is 3. The van der Waals surface area contributed by atoms with E-state index in [9.17, 15) is 9.59 Å². The molecule has 0 saturated carbocycles. The molecule has 2 amide bonds. The number of hydrogen-bond donors (Lipinski definition) is 1. The zero-order valence-electron chi connectivity index (χ0n) is 12.9. The van der Waals surface area contributed by atoms with Gasteiger partial charge in [-0.15, -0.1) is 0 Å². The standard InChI is InChI=1S/C14H26N2O3/c1-7-14(6)11(17)15-13(4,5)12(18)16(14)8-9-19-10(2)3/h10H,7-9H2,1-6H3,(H,15,17). The van der Waals surface area contributed by atoms with E-state index >= 15 is 0 Å². The molecule has 1 aliphatic heterocycles. The van der Waals surface area contributed by atoms with Crippen LogP contribution in [0.5, 0.6) is 0 Å². The highest BCUT2D eigenvalue weighted by atomic mass is 16.5. The van der Waals surface area contributed by atoms with Crippen molar-refractivity contribution in [3.63, 3.8) is 0 Å². The Morgan fingerprint density at radius 2 is 1.84 bits per heavy atom. The minimum absolute atomic E-state index is 0.0520. The van der Waals surface area contributed by atoms with Crippen LogP contribution in [0.15, 0.2) is 0 Å². The predicted octanol–water partition coefficient (Wildman–Crippen LogP) is 1.32. The molecule has 0 aromatic heterocycles. The number of rotatable bonds is 5. The molecular weight excluding hydrogens is 244 g/mol. The minimum atomic E-state index is -0.844. The second kappa shape index (κ2) is 5.49. The van der Waals surface area contributed by atoms with Gasteiger partial charge in [0.05, 0.1) is 12.7 Å². The van der Waals surface area contributed by atoms with Crippen LogP contribution < -0.4 is 5.32 Å².